The van der Waals surface area contributed by atoms with Crippen molar-refractivity contribution in [2.75, 3.05) is 11.4 Å². The fourth-order valence-electron chi connectivity index (χ4n) is 2.80. The van der Waals surface area contributed by atoms with Crippen molar-refractivity contribution in [1.29, 1.82) is 0 Å². The molecule has 0 aromatic heterocycles. The van der Waals surface area contributed by atoms with Crippen LogP contribution in [0.25, 0.3) is 0 Å². The van der Waals surface area contributed by atoms with E-state index in [1.165, 1.54) is 0 Å². The molecule has 108 valence electrons. The van der Waals surface area contributed by atoms with Gasteiger partial charge in [-0.2, -0.15) is 0 Å². The lowest BCUT2D eigenvalue weighted by Crippen LogP contribution is -2.41. The number of amides is 1. The Labute approximate surface area is 125 Å². The number of hydrogen-bond donors (Lipinski definition) is 0. The van der Waals surface area contributed by atoms with E-state index in [1.54, 1.807) is 0 Å². The summed E-state index contributed by atoms with van der Waals surface area (Å²) in [6.07, 6.45) is 0.235. The summed E-state index contributed by atoms with van der Waals surface area (Å²) in [7, 11) is 0. The van der Waals surface area contributed by atoms with E-state index in [9.17, 15) is 4.79 Å². The molecule has 0 unspecified atom stereocenters. The number of likely N-dealkylation sites (N-methyl/N-ethyl adjacent to an activating group) is 1. The summed E-state index contributed by atoms with van der Waals surface area (Å²) in [6, 6.07) is 15.8. The Balaban J connectivity index is 1.84. The summed E-state index contributed by atoms with van der Waals surface area (Å²) in [6.45, 7) is 4.65. The Bertz CT molecular complexity index is 641. The molecule has 0 bridgehead atoms. The molecule has 0 fully saturated rings. The van der Waals surface area contributed by atoms with Gasteiger partial charge in [0, 0.05) is 18.7 Å². The van der Waals surface area contributed by atoms with Crippen LogP contribution in [0.5, 0.6) is 5.75 Å². The summed E-state index contributed by atoms with van der Waals surface area (Å²) in [5.41, 5.74) is 3.17. The second-order valence-corrected chi connectivity index (χ2v) is 5.29. The zero-order valence-corrected chi connectivity index (χ0v) is 12.4. The van der Waals surface area contributed by atoms with Crippen LogP contribution in [0, 0.1) is 6.92 Å². The number of carbonyl (C=O) groups is 1. The van der Waals surface area contributed by atoms with Gasteiger partial charge in [-0.05, 0) is 37.1 Å². The van der Waals surface area contributed by atoms with Gasteiger partial charge in [0.1, 0.15) is 5.75 Å². The van der Waals surface area contributed by atoms with E-state index >= 15 is 0 Å². The molecular formula is C18H19NO2. The third kappa shape index (κ3) is 2.51. The molecule has 1 heterocycles. The second kappa shape index (κ2) is 5.60. The number of aryl methyl sites for hydroxylation is 1. The van der Waals surface area contributed by atoms with Crippen molar-refractivity contribution < 1.29 is 9.53 Å². The van der Waals surface area contributed by atoms with Crippen LogP contribution in [-0.4, -0.2) is 18.6 Å². The molecule has 21 heavy (non-hydrogen) atoms. The maximum Gasteiger partial charge on any atom is 0.268 e. The number of rotatable bonds is 3. The highest BCUT2D eigenvalue weighted by molar-refractivity contribution is 5.98. The highest BCUT2D eigenvalue weighted by Crippen LogP contribution is 2.30. The van der Waals surface area contributed by atoms with Crippen molar-refractivity contribution in [1.82, 2.24) is 0 Å². The standard InChI is InChI=1S/C18H19NO2/c1-3-19(15-10-6-4-8-13(15)2)18(20)17-12-14-9-5-7-11-16(14)21-17/h4-11,17H,3,12H2,1-2H3/t17-/m0/s1. The number of para-hydroxylation sites is 2. The van der Waals surface area contributed by atoms with Crippen LogP contribution < -0.4 is 9.64 Å². The first-order chi connectivity index (χ1) is 10.2. The summed E-state index contributed by atoms with van der Waals surface area (Å²) < 4.78 is 5.82. The summed E-state index contributed by atoms with van der Waals surface area (Å²) in [4.78, 5) is 14.6. The predicted molar refractivity (Wildman–Crippen MR) is 83.8 cm³/mol. The molecule has 0 aliphatic carbocycles. The zero-order chi connectivity index (χ0) is 14.8. The molecule has 2 aromatic carbocycles. The van der Waals surface area contributed by atoms with Gasteiger partial charge in [-0.25, -0.2) is 0 Å². The molecule has 1 amide bonds. The molecule has 1 atom stereocenters. The average Bonchev–Trinajstić information content (AvgIpc) is 2.93. The average molecular weight is 281 g/mol. The zero-order valence-electron chi connectivity index (χ0n) is 12.4. The maximum atomic E-state index is 12.8. The van der Waals surface area contributed by atoms with Crippen LogP contribution in [0.15, 0.2) is 48.5 Å². The van der Waals surface area contributed by atoms with Crippen molar-refractivity contribution in [2.24, 2.45) is 0 Å². The smallest absolute Gasteiger partial charge is 0.268 e. The van der Waals surface area contributed by atoms with Gasteiger partial charge in [0.25, 0.3) is 5.91 Å². The summed E-state index contributed by atoms with van der Waals surface area (Å²) >= 11 is 0. The number of nitrogens with zero attached hydrogens (tertiary/aromatic N) is 1. The van der Waals surface area contributed by atoms with Crippen LogP contribution in [0.2, 0.25) is 0 Å². The van der Waals surface area contributed by atoms with Gasteiger partial charge in [0.2, 0.25) is 0 Å². The van der Waals surface area contributed by atoms with Crippen molar-refractivity contribution in [3.05, 3.63) is 59.7 Å². The Morgan fingerprint density at radius 3 is 2.62 bits per heavy atom. The quantitative estimate of drug-likeness (QED) is 0.863. The van der Waals surface area contributed by atoms with Gasteiger partial charge in [-0.3, -0.25) is 4.79 Å². The van der Waals surface area contributed by atoms with Crippen LogP contribution in [0.3, 0.4) is 0 Å². The lowest BCUT2D eigenvalue weighted by molar-refractivity contribution is -0.124. The number of ether oxygens (including phenoxy) is 1. The lowest BCUT2D eigenvalue weighted by Gasteiger charge is -2.25. The van der Waals surface area contributed by atoms with Crippen LogP contribution in [0.1, 0.15) is 18.1 Å². The number of benzene rings is 2. The SMILES string of the molecule is CCN(C(=O)[C@@H]1Cc2ccccc2O1)c1ccccc1C. The number of fused-ring (bicyclic) bond motifs is 1. The predicted octanol–water partition coefficient (Wildman–Crippen LogP) is 3.35. The highest BCUT2D eigenvalue weighted by atomic mass is 16.5. The molecule has 1 aliphatic heterocycles. The molecule has 1 aliphatic rings. The molecule has 3 heteroatoms. The van der Waals surface area contributed by atoms with Crippen molar-refractivity contribution in [3.8, 4) is 5.75 Å². The number of anilines is 1. The van der Waals surface area contributed by atoms with E-state index < -0.39 is 6.10 Å². The van der Waals surface area contributed by atoms with E-state index in [0.717, 1.165) is 22.6 Å². The monoisotopic (exact) mass is 281 g/mol. The Morgan fingerprint density at radius 1 is 1.19 bits per heavy atom. The van der Waals surface area contributed by atoms with Crippen molar-refractivity contribution >= 4 is 11.6 Å². The van der Waals surface area contributed by atoms with Gasteiger partial charge >= 0.3 is 0 Å². The molecule has 0 saturated heterocycles. The van der Waals surface area contributed by atoms with Crippen LogP contribution in [-0.2, 0) is 11.2 Å². The lowest BCUT2D eigenvalue weighted by atomic mass is 10.1. The molecule has 0 radical (unpaired) electrons. The fourth-order valence-corrected chi connectivity index (χ4v) is 2.80. The molecule has 0 saturated carbocycles. The first-order valence-electron chi connectivity index (χ1n) is 7.32. The van der Waals surface area contributed by atoms with Gasteiger partial charge in [0.05, 0.1) is 0 Å². The topological polar surface area (TPSA) is 29.5 Å². The molecule has 0 spiro atoms. The minimum Gasteiger partial charge on any atom is -0.480 e. The third-order valence-corrected chi connectivity index (χ3v) is 3.91. The van der Waals surface area contributed by atoms with Crippen LogP contribution in [0.4, 0.5) is 5.69 Å². The normalized spacial score (nSPS) is 16.2. The second-order valence-electron chi connectivity index (χ2n) is 5.29. The number of hydrogen-bond acceptors (Lipinski definition) is 2. The minimum atomic E-state index is -0.415. The summed E-state index contributed by atoms with van der Waals surface area (Å²) in [5, 5.41) is 0. The molecule has 3 rings (SSSR count). The van der Waals surface area contributed by atoms with Crippen molar-refractivity contribution in [3.63, 3.8) is 0 Å². The molecule has 3 nitrogen and oxygen atoms in total. The van der Waals surface area contributed by atoms with Gasteiger partial charge in [0.15, 0.2) is 6.10 Å². The first-order valence-corrected chi connectivity index (χ1v) is 7.32. The van der Waals surface area contributed by atoms with E-state index in [4.69, 9.17) is 4.74 Å². The Hall–Kier alpha value is -2.29. The third-order valence-electron chi connectivity index (χ3n) is 3.91. The first kappa shape index (κ1) is 13.7. The molecular weight excluding hydrogens is 262 g/mol. The largest absolute Gasteiger partial charge is 0.480 e. The fraction of sp³-hybridized carbons (Fsp3) is 0.278. The molecule has 0 N–H and O–H groups in total. The number of carbonyl (C=O) groups excluding carboxylic acids is 1. The minimum absolute atomic E-state index is 0.0306. The van der Waals surface area contributed by atoms with Gasteiger partial charge in [-0.15, -0.1) is 0 Å². The maximum absolute atomic E-state index is 12.8. The summed E-state index contributed by atoms with van der Waals surface area (Å²) in [5.74, 6) is 0.861. The van der Waals surface area contributed by atoms with E-state index in [-0.39, 0.29) is 5.91 Å². The Morgan fingerprint density at radius 2 is 1.90 bits per heavy atom. The van der Waals surface area contributed by atoms with Crippen molar-refractivity contribution in [2.45, 2.75) is 26.4 Å². The highest BCUT2D eigenvalue weighted by Gasteiger charge is 2.32. The Kier molecular flexibility index (Phi) is 3.65. The van der Waals surface area contributed by atoms with E-state index in [2.05, 4.69) is 0 Å². The molecule has 2 aromatic rings. The van der Waals surface area contributed by atoms with E-state index in [0.29, 0.717) is 13.0 Å². The van der Waals surface area contributed by atoms with Gasteiger partial charge < -0.3 is 9.64 Å². The van der Waals surface area contributed by atoms with Crippen LogP contribution >= 0.6 is 0 Å². The van der Waals surface area contributed by atoms with E-state index in [1.807, 2.05) is 67.3 Å². The van der Waals surface area contributed by atoms with Gasteiger partial charge in [-0.1, -0.05) is 36.4 Å².